The maximum Gasteiger partial charge on any atom is 0.416 e. The Morgan fingerprint density at radius 2 is 2.09 bits per heavy atom. The van der Waals surface area contributed by atoms with E-state index in [0.29, 0.717) is 11.3 Å². The molecule has 0 aliphatic heterocycles. The molecular weight excluding hydrogens is 563 g/mol. The summed E-state index contributed by atoms with van der Waals surface area (Å²) in [5, 5.41) is 14.2. The van der Waals surface area contributed by atoms with E-state index in [-0.39, 0.29) is 27.6 Å². The van der Waals surface area contributed by atoms with Crippen LogP contribution in [0.25, 0.3) is 0 Å². The summed E-state index contributed by atoms with van der Waals surface area (Å²) in [7, 11) is 1.53. The van der Waals surface area contributed by atoms with Crippen LogP contribution in [0.2, 0.25) is 5.02 Å². The number of carbonyl (C=O) groups excluding carboxylic acids is 1. The summed E-state index contributed by atoms with van der Waals surface area (Å²) in [6, 6.07) is 8.04. The summed E-state index contributed by atoms with van der Waals surface area (Å²) in [6.45, 7) is 0. The number of hydrogen-bond donors (Lipinski definition) is 3. The van der Waals surface area contributed by atoms with Gasteiger partial charge in [0, 0.05) is 10.0 Å². The number of methoxy groups -OCH3 is 1. The molecule has 0 saturated heterocycles. The number of carbonyl (C=O) groups is 1. The quantitative estimate of drug-likeness (QED) is 0.155. The van der Waals surface area contributed by atoms with E-state index in [9.17, 15) is 18.0 Å². The molecule has 34 heavy (non-hydrogen) atoms. The Morgan fingerprint density at radius 1 is 1.32 bits per heavy atom. The van der Waals surface area contributed by atoms with E-state index in [0.717, 1.165) is 39.1 Å². The lowest BCUT2D eigenvalue weighted by Crippen LogP contribution is -2.17. The minimum Gasteiger partial charge on any atom is -0.496 e. The van der Waals surface area contributed by atoms with Gasteiger partial charge in [0.05, 0.1) is 35.4 Å². The second-order valence-electron chi connectivity index (χ2n) is 6.46. The number of nitrogens with one attached hydrogen (secondary N) is 2. The van der Waals surface area contributed by atoms with Crippen molar-refractivity contribution in [3.63, 3.8) is 0 Å². The van der Waals surface area contributed by atoms with Crippen LogP contribution < -0.4 is 21.3 Å². The van der Waals surface area contributed by atoms with Gasteiger partial charge >= 0.3 is 6.18 Å². The van der Waals surface area contributed by atoms with Gasteiger partial charge in [-0.15, -0.1) is 10.2 Å². The highest BCUT2D eigenvalue weighted by Gasteiger charge is 2.31. The van der Waals surface area contributed by atoms with E-state index in [1.165, 1.54) is 13.3 Å². The van der Waals surface area contributed by atoms with Crippen LogP contribution in [0.5, 0.6) is 5.75 Å². The zero-order valence-corrected chi connectivity index (χ0v) is 20.4. The lowest BCUT2D eigenvalue weighted by Gasteiger charge is -2.11. The lowest BCUT2D eigenvalue weighted by molar-refractivity contribution is -0.137. The predicted octanol–water partition coefficient (Wildman–Crippen LogP) is 4.61. The first-order valence-electron chi connectivity index (χ1n) is 9.21. The largest absolute Gasteiger partial charge is 0.496 e. The number of anilines is 2. The molecule has 3 rings (SSSR count). The van der Waals surface area contributed by atoms with E-state index in [1.807, 2.05) is 6.07 Å². The van der Waals surface area contributed by atoms with E-state index in [1.54, 1.807) is 12.1 Å². The number of aromatic nitrogens is 3. The number of nitrogens with zero attached hydrogens (tertiary/aromatic N) is 4. The first kappa shape index (κ1) is 25.6. The summed E-state index contributed by atoms with van der Waals surface area (Å²) >= 11 is 10.2. The minimum absolute atomic E-state index is 0.0280. The van der Waals surface area contributed by atoms with Crippen LogP contribution in [-0.2, 0) is 11.0 Å². The standard InChI is InChI=1S/C19H16BrClF3N7O2S/c1-33-15-5-3-12(20)6-10(15)8-26-28-17-29-30-18(31(17)25)34-9-16(32)27-14-7-11(19(22,23)24)2-4-13(14)21/h2-8H,9,25H2,1H3,(H,27,32)(H,28,29)/b26-8+. The highest BCUT2D eigenvalue weighted by atomic mass is 79.9. The molecule has 0 atom stereocenters. The fraction of sp³-hybridized carbons (Fsp3) is 0.158. The predicted molar refractivity (Wildman–Crippen MR) is 128 cm³/mol. The molecule has 1 aromatic heterocycles. The monoisotopic (exact) mass is 577 g/mol. The molecule has 0 aliphatic carbocycles. The van der Waals surface area contributed by atoms with Crippen LogP contribution >= 0.6 is 39.3 Å². The van der Waals surface area contributed by atoms with Crippen LogP contribution in [0.3, 0.4) is 0 Å². The third kappa shape index (κ3) is 6.55. The molecule has 1 amide bonds. The van der Waals surface area contributed by atoms with Crippen molar-refractivity contribution >= 4 is 63.1 Å². The fourth-order valence-corrected chi connectivity index (χ4v) is 3.73. The molecule has 15 heteroatoms. The number of ether oxygens (including phenoxy) is 1. The Labute approximate surface area is 209 Å². The molecule has 2 aromatic carbocycles. The van der Waals surface area contributed by atoms with Gasteiger partial charge in [-0.25, -0.2) is 10.1 Å². The number of halogens is 5. The second kappa shape index (κ2) is 11.0. The third-order valence-corrected chi connectivity index (χ3v) is 5.89. The molecule has 3 aromatic rings. The van der Waals surface area contributed by atoms with Crippen LogP contribution in [0.15, 0.2) is 51.1 Å². The molecule has 0 fully saturated rings. The van der Waals surface area contributed by atoms with Gasteiger partial charge in [-0.05, 0) is 36.4 Å². The van der Waals surface area contributed by atoms with Crippen LogP contribution in [0.1, 0.15) is 11.1 Å². The number of rotatable bonds is 8. The summed E-state index contributed by atoms with van der Waals surface area (Å²) < 4.78 is 45.8. The summed E-state index contributed by atoms with van der Waals surface area (Å²) in [5.74, 6) is 5.80. The van der Waals surface area contributed by atoms with E-state index in [2.05, 4.69) is 42.0 Å². The number of hydrazone groups is 1. The molecule has 0 unspecified atom stereocenters. The van der Waals surface area contributed by atoms with E-state index >= 15 is 0 Å². The van der Waals surface area contributed by atoms with Crippen molar-refractivity contribution in [3.8, 4) is 5.75 Å². The highest BCUT2D eigenvalue weighted by Crippen LogP contribution is 2.34. The topological polar surface area (TPSA) is 119 Å². The maximum absolute atomic E-state index is 12.9. The van der Waals surface area contributed by atoms with Crippen molar-refractivity contribution in [2.45, 2.75) is 11.3 Å². The van der Waals surface area contributed by atoms with Gasteiger partial charge in [0.25, 0.3) is 5.95 Å². The van der Waals surface area contributed by atoms with E-state index in [4.69, 9.17) is 22.2 Å². The highest BCUT2D eigenvalue weighted by molar-refractivity contribution is 9.10. The summed E-state index contributed by atoms with van der Waals surface area (Å²) in [6.07, 6.45) is -3.07. The van der Waals surface area contributed by atoms with Crippen LogP contribution in [-0.4, -0.2) is 39.9 Å². The van der Waals surface area contributed by atoms with Crippen molar-refractivity contribution in [1.82, 2.24) is 14.9 Å². The number of nitrogens with two attached hydrogens (primary N) is 1. The average Bonchev–Trinajstić information content (AvgIpc) is 3.12. The van der Waals surface area contributed by atoms with Crippen molar-refractivity contribution in [2.75, 3.05) is 29.4 Å². The number of amides is 1. The zero-order valence-electron chi connectivity index (χ0n) is 17.2. The first-order chi connectivity index (χ1) is 16.1. The number of alkyl halides is 3. The van der Waals surface area contributed by atoms with Gasteiger partial charge in [-0.1, -0.05) is 39.3 Å². The Balaban J connectivity index is 1.60. The molecule has 4 N–H and O–H groups in total. The molecule has 9 nitrogen and oxygen atoms in total. The Bertz CT molecular complexity index is 1220. The molecule has 0 aliphatic rings. The van der Waals surface area contributed by atoms with Crippen molar-refractivity contribution < 1.29 is 22.7 Å². The van der Waals surface area contributed by atoms with Crippen LogP contribution in [0, 0.1) is 0 Å². The van der Waals surface area contributed by atoms with Gasteiger partial charge in [0.15, 0.2) is 0 Å². The Kier molecular flexibility index (Phi) is 8.28. The fourth-order valence-electron chi connectivity index (χ4n) is 2.53. The van der Waals surface area contributed by atoms with Gasteiger partial charge in [0.2, 0.25) is 11.1 Å². The lowest BCUT2D eigenvalue weighted by atomic mass is 10.2. The number of thioether (sulfide) groups is 1. The van der Waals surface area contributed by atoms with E-state index < -0.39 is 17.6 Å². The molecule has 0 radical (unpaired) electrons. The molecule has 0 spiro atoms. The minimum atomic E-state index is -4.57. The Morgan fingerprint density at radius 3 is 2.79 bits per heavy atom. The van der Waals surface area contributed by atoms with Crippen molar-refractivity contribution in [1.29, 1.82) is 0 Å². The zero-order chi connectivity index (χ0) is 24.9. The van der Waals surface area contributed by atoms with Gasteiger partial charge in [0.1, 0.15) is 5.75 Å². The van der Waals surface area contributed by atoms with Crippen molar-refractivity contribution in [3.05, 3.63) is 57.0 Å². The second-order valence-corrected chi connectivity index (χ2v) is 8.73. The molecule has 0 saturated carbocycles. The number of benzene rings is 2. The molecule has 1 heterocycles. The van der Waals surface area contributed by atoms with Gasteiger partial charge in [-0.2, -0.15) is 18.3 Å². The summed E-state index contributed by atoms with van der Waals surface area (Å²) in [4.78, 5) is 12.2. The smallest absolute Gasteiger partial charge is 0.416 e. The van der Waals surface area contributed by atoms with Crippen LogP contribution in [0.4, 0.5) is 24.8 Å². The SMILES string of the molecule is COc1ccc(Br)cc1/C=N/Nc1nnc(SCC(=O)Nc2cc(C(F)(F)F)ccc2Cl)n1N. The van der Waals surface area contributed by atoms with Gasteiger partial charge < -0.3 is 15.9 Å². The average molecular weight is 579 g/mol. The number of nitrogen functional groups attached to an aromatic ring is 1. The van der Waals surface area contributed by atoms with Gasteiger partial charge in [-0.3, -0.25) is 4.79 Å². The molecule has 0 bridgehead atoms. The third-order valence-electron chi connectivity index (χ3n) is 4.12. The maximum atomic E-state index is 12.9. The Hall–Kier alpha value is -2.97. The normalized spacial score (nSPS) is 11.6. The van der Waals surface area contributed by atoms with Crippen molar-refractivity contribution in [2.24, 2.45) is 5.10 Å². The molecular formula is C19H16BrClF3N7O2S. The summed E-state index contributed by atoms with van der Waals surface area (Å²) in [5.41, 5.74) is 2.23. The molecule has 180 valence electrons. The first-order valence-corrected chi connectivity index (χ1v) is 11.4. The number of hydrogen-bond acceptors (Lipinski definition) is 8.